The monoisotopic (exact) mass is 208 g/mol. The number of nitrogens with zero attached hydrogens (tertiary/aromatic N) is 1. The first-order valence-corrected chi connectivity index (χ1v) is 5.05. The van der Waals surface area contributed by atoms with E-state index < -0.39 is 0 Å². The highest BCUT2D eigenvalue weighted by Crippen LogP contribution is 2.33. The van der Waals surface area contributed by atoms with Gasteiger partial charge < -0.3 is 9.47 Å². The summed E-state index contributed by atoms with van der Waals surface area (Å²) in [5, 5.41) is 1.92. The molecule has 0 saturated heterocycles. The molecule has 0 unspecified atom stereocenters. The van der Waals surface area contributed by atoms with Crippen LogP contribution in [0.25, 0.3) is 0 Å². The Morgan fingerprint density at radius 2 is 2.07 bits per heavy atom. The second kappa shape index (κ2) is 4.51. The van der Waals surface area contributed by atoms with Crippen molar-refractivity contribution in [2.75, 3.05) is 27.3 Å². The zero-order chi connectivity index (χ0) is 10.7. The van der Waals surface area contributed by atoms with Crippen LogP contribution in [-0.2, 0) is 6.54 Å². The number of nitrogens with one attached hydrogen (secondary N) is 1. The maximum Gasteiger partial charge on any atom is 0.165 e. The van der Waals surface area contributed by atoms with Gasteiger partial charge in [0.2, 0.25) is 0 Å². The fourth-order valence-corrected chi connectivity index (χ4v) is 1.52. The van der Waals surface area contributed by atoms with Gasteiger partial charge in [-0.25, -0.2) is 0 Å². The van der Waals surface area contributed by atoms with Gasteiger partial charge in [0.1, 0.15) is 13.2 Å². The van der Waals surface area contributed by atoms with E-state index in [4.69, 9.17) is 9.47 Å². The molecule has 2 rings (SSSR count). The summed E-state index contributed by atoms with van der Waals surface area (Å²) in [4.78, 5) is 0. The van der Waals surface area contributed by atoms with Crippen LogP contribution in [0.4, 0.5) is 0 Å². The number of rotatable bonds is 3. The number of para-hydroxylation sites is 1. The van der Waals surface area contributed by atoms with Crippen LogP contribution >= 0.6 is 0 Å². The Morgan fingerprint density at radius 1 is 1.27 bits per heavy atom. The third kappa shape index (κ3) is 2.40. The van der Waals surface area contributed by atoms with Crippen molar-refractivity contribution in [2.24, 2.45) is 0 Å². The summed E-state index contributed by atoms with van der Waals surface area (Å²) in [6, 6.07) is 5.97. The normalized spacial score (nSPS) is 14.3. The largest absolute Gasteiger partial charge is 0.486 e. The number of hydrazine groups is 1. The van der Waals surface area contributed by atoms with Gasteiger partial charge in [0.15, 0.2) is 11.5 Å². The summed E-state index contributed by atoms with van der Waals surface area (Å²) in [7, 11) is 3.93. The Morgan fingerprint density at radius 3 is 2.87 bits per heavy atom. The zero-order valence-corrected chi connectivity index (χ0v) is 9.12. The molecule has 4 nitrogen and oxygen atoms in total. The molecule has 0 fully saturated rings. The third-order valence-electron chi connectivity index (χ3n) is 2.23. The molecule has 1 aliphatic heterocycles. The van der Waals surface area contributed by atoms with Gasteiger partial charge in [0.05, 0.1) is 0 Å². The highest BCUT2D eigenvalue weighted by Gasteiger charge is 2.14. The molecular weight excluding hydrogens is 192 g/mol. The molecule has 1 N–H and O–H groups in total. The van der Waals surface area contributed by atoms with Crippen molar-refractivity contribution in [1.82, 2.24) is 10.4 Å². The van der Waals surface area contributed by atoms with Crippen molar-refractivity contribution in [3.8, 4) is 11.5 Å². The molecule has 1 heterocycles. The molecule has 1 aliphatic rings. The first kappa shape index (κ1) is 10.3. The van der Waals surface area contributed by atoms with E-state index in [1.807, 2.05) is 37.3 Å². The summed E-state index contributed by atoms with van der Waals surface area (Å²) in [5.41, 5.74) is 4.34. The standard InChI is InChI=1S/C11H16N2O2/c1-13(2)12-8-9-4-3-5-10-11(9)15-7-6-14-10/h3-5,12H,6-8H2,1-2H3. The predicted octanol–water partition coefficient (Wildman–Crippen LogP) is 1.02. The van der Waals surface area contributed by atoms with Crippen LogP contribution in [0.15, 0.2) is 18.2 Å². The summed E-state index contributed by atoms with van der Waals surface area (Å²) >= 11 is 0. The van der Waals surface area contributed by atoms with E-state index >= 15 is 0 Å². The van der Waals surface area contributed by atoms with Crippen LogP contribution in [0.1, 0.15) is 5.56 Å². The molecule has 0 radical (unpaired) electrons. The Labute approximate surface area is 89.8 Å². The summed E-state index contributed by atoms with van der Waals surface area (Å²) in [6.45, 7) is 2.02. The summed E-state index contributed by atoms with van der Waals surface area (Å²) in [5.74, 6) is 1.72. The van der Waals surface area contributed by atoms with E-state index in [1.54, 1.807) is 0 Å². The van der Waals surface area contributed by atoms with Crippen LogP contribution < -0.4 is 14.9 Å². The van der Waals surface area contributed by atoms with Crippen molar-refractivity contribution < 1.29 is 9.47 Å². The number of ether oxygens (including phenoxy) is 2. The van der Waals surface area contributed by atoms with Crippen molar-refractivity contribution in [3.05, 3.63) is 23.8 Å². The average molecular weight is 208 g/mol. The van der Waals surface area contributed by atoms with Crippen LogP contribution in [0.3, 0.4) is 0 Å². The van der Waals surface area contributed by atoms with E-state index in [9.17, 15) is 0 Å². The molecule has 0 aromatic heterocycles. The maximum absolute atomic E-state index is 5.60. The lowest BCUT2D eigenvalue weighted by Crippen LogP contribution is -2.30. The van der Waals surface area contributed by atoms with Gasteiger partial charge in [0, 0.05) is 26.2 Å². The van der Waals surface area contributed by atoms with E-state index in [2.05, 4.69) is 5.43 Å². The van der Waals surface area contributed by atoms with Gasteiger partial charge >= 0.3 is 0 Å². The molecule has 0 atom stereocenters. The van der Waals surface area contributed by atoms with Crippen molar-refractivity contribution in [3.63, 3.8) is 0 Å². The SMILES string of the molecule is CN(C)NCc1cccc2c1OCCO2. The highest BCUT2D eigenvalue weighted by atomic mass is 16.6. The Balaban J connectivity index is 2.16. The first-order chi connectivity index (χ1) is 7.27. The van der Waals surface area contributed by atoms with Crippen LogP contribution in [0.2, 0.25) is 0 Å². The Hall–Kier alpha value is -1.26. The van der Waals surface area contributed by atoms with E-state index in [0.29, 0.717) is 13.2 Å². The van der Waals surface area contributed by atoms with Crippen molar-refractivity contribution >= 4 is 0 Å². The minimum atomic E-state index is 0.631. The summed E-state index contributed by atoms with van der Waals surface area (Å²) in [6.07, 6.45) is 0. The zero-order valence-electron chi connectivity index (χ0n) is 9.12. The molecule has 0 bridgehead atoms. The lowest BCUT2D eigenvalue weighted by atomic mass is 10.2. The minimum absolute atomic E-state index is 0.631. The van der Waals surface area contributed by atoms with E-state index in [-0.39, 0.29) is 0 Å². The van der Waals surface area contributed by atoms with Gasteiger partial charge in [-0.1, -0.05) is 12.1 Å². The molecule has 15 heavy (non-hydrogen) atoms. The van der Waals surface area contributed by atoms with Gasteiger partial charge in [-0.2, -0.15) is 0 Å². The van der Waals surface area contributed by atoms with Crippen molar-refractivity contribution in [1.29, 1.82) is 0 Å². The van der Waals surface area contributed by atoms with Crippen molar-refractivity contribution in [2.45, 2.75) is 6.54 Å². The van der Waals surface area contributed by atoms with Gasteiger partial charge in [-0.05, 0) is 6.07 Å². The second-order valence-corrected chi connectivity index (χ2v) is 3.67. The van der Waals surface area contributed by atoms with Gasteiger partial charge in [-0.3, -0.25) is 10.4 Å². The van der Waals surface area contributed by atoms with E-state index in [0.717, 1.165) is 23.6 Å². The molecule has 0 aliphatic carbocycles. The lowest BCUT2D eigenvalue weighted by molar-refractivity contribution is 0.168. The quantitative estimate of drug-likeness (QED) is 0.752. The Bertz CT molecular complexity index is 339. The Kier molecular flexibility index (Phi) is 3.08. The maximum atomic E-state index is 5.60. The smallest absolute Gasteiger partial charge is 0.165 e. The minimum Gasteiger partial charge on any atom is -0.486 e. The fraction of sp³-hybridized carbons (Fsp3) is 0.455. The molecule has 0 spiro atoms. The molecule has 0 amide bonds. The fourth-order valence-electron chi connectivity index (χ4n) is 1.52. The molecule has 4 heteroatoms. The molecule has 1 aromatic carbocycles. The molecule has 82 valence electrons. The number of benzene rings is 1. The second-order valence-electron chi connectivity index (χ2n) is 3.67. The van der Waals surface area contributed by atoms with Gasteiger partial charge in [-0.15, -0.1) is 0 Å². The molecular formula is C11H16N2O2. The topological polar surface area (TPSA) is 33.7 Å². The average Bonchev–Trinajstić information content (AvgIpc) is 2.26. The number of hydrogen-bond donors (Lipinski definition) is 1. The van der Waals surface area contributed by atoms with Crippen LogP contribution in [0.5, 0.6) is 11.5 Å². The number of fused-ring (bicyclic) bond motifs is 1. The lowest BCUT2D eigenvalue weighted by Gasteiger charge is -2.21. The molecule has 1 aromatic rings. The van der Waals surface area contributed by atoms with Gasteiger partial charge in [0.25, 0.3) is 0 Å². The number of hydrogen-bond acceptors (Lipinski definition) is 4. The van der Waals surface area contributed by atoms with Crippen LogP contribution in [0, 0.1) is 0 Å². The van der Waals surface area contributed by atoms with E-state index in [1.165, 1.54) is 0 Å². The van der Waals surface area contributed by atoms with Crippen LogP contribution in [-0.4, -0.2) is 32.3 Å². The predicted molar refractivity (Wildman–Crippen MR) is 58.0 cm³/mol. The summed E-state index contributed by atoms with van der Waals surface area (Å²) < 4.78 is 11.1. The highest BCUT2D eigenvalue weighted by molar-refractivity contribution is 5.47. The third-order valence-corrected chi connectivity index (χ3v) is 2.23. The first-order valence-electron chi connectivity index (χ1n) is 5.05. The molecule has 0 saturated carbocycles.